The maximum absolute atomic E-state index is 14.3. The molecule has 0 unspecified atom stereocenters. The van der Waals surface area contributed by atoms with E-state index in [4.69, 9.17) is 9.73 Å². The fraction of sp³-hybridized carbons (Fsp3) is 0.105. The van der Waals surface area contributed by atoms with Crippen LogP contribution in [-0.2, 0) is 16.1 Å². The van der Waals surface area contributed by atoms with Crippen LogP contribution < -0.4 is 30.3 Å². The van der Waals surface area contributed by atoms with E-state index in [0.29, 0.717) is 32.0 Å². The number of para-hydroxylation sites is 3. The number of nitrogens with zero attached hydrogens (tertiary/aromatic N) is 3. The smallest absolute Gasteiger partial charge is 0.271 e. The van der Waals surface area contributed by atoms with E-state index in [0.717, 1.165) is 27.7 Å². The van der Waals surface area contributed by atoms with Gasteiger partial charge in [-0.1, -0.05) is 78.1 Å². The van der Waals surface area contributed by atoms with Crippen molar-refractivity contribution in [3.05, 3.63) is 157 Å². The van der Waals surface area contributed by atoms with E-state index in [1.165, 1.54) is 11.3 Å². The number of rotatable bonds is 8. The predicted molar refractivity (Wildman–Crippen MR) is 189 cm³/mol. The molecule has 7 rings (SSSR count). The monoisotopic (exact) mass is 653 g/mol. The van der Waals surface area contributed by atoms with E-state index in [1.807, 2.05) is 126 Å². The molecule has 0 spiro atoms. The average molecular weight is 654 g/mol. The molecule has 6 aromatic rings. The molecule has 0 saturated carbocycles. The van der Waals surface area contributed by atoms with Crippen molar-refractivity contribution >= 4 is 51.5 Å². The van der Waals surface area contributed by atoms with Crippen LogP contribution in [0.2, 0.25) is 0 Å². The SMILES string of the molecule is COc1ccc([C@H]2C(C(=O)Nc3ccccc3)=C(C)N=c3s/c(=C/c4cn(CC(=O)Nc5ccccc5)c5ccccc45)c(=O)n32)cc1. The Balaban J connectivity index is 1.31. The van der Waals surface area contributed by atoms with Crippen LogP contribution in [-0.4, -0.2) is 28.1 Å². The first-order chi connectivity index (χ1) is 23.4. The first-order valence-corrected chi connectivity index (χ1v) is 16.2. The maximum Gasteiger partial charge on any atom is 0.271 e. The summed E-state index contributed by atoms with van der Waals surface area (Å²) in [6.45, 7) is 1.89. The van der Waals surface area contributed by atoms with Crippen molar-refractivity contribution in [2.75, 3.05) is 17.7 Å². The average Bonchev–Trinajstić information content (AvgIpc) is 3.60. The molecule has 2 N–H and O–H groups in total. The predicted octanol–water partition coefficient (Wildman–Crippen LogP) is 5.48. The summed E-state index contributed by atoms with van der Waals surface area (Å²) in [5, 5.41) is 6.82. The first kappa shape index (κ1) is 30.6. The lowest BCUT2D eigenvalue weighted by Crippen LogP contribution is -2.40. The molecule has 0 bridgehead atoms. The second-order valence-electron chi connectivity index (χ2n) is 11.3. The molecule has 0 fully saturated rings. The Bertz CT molecular complexity index is 2370. The summed E-state index contributed by atoms with van der Waals surface area (Å²) >= 11 is 1.27. The summed E-state index contributed by atoms with van der Waals surface area (Å²) in [5.74, 6) is 0.162. The third-order valence-corrected chi connectivity index (χ3v) is 9.19. The van der Waals surface area contributed by atoms with Gasteiger partial charge in [-0.05, 0) is 61.0 Å². The Morgan fingerprint density at radius 3 is 2.21 bits per heavy atom. The van der Waals surface area contributed by atoms with Gasteiger partial charge in [0.25, 0.3) is 11.5 Å². The van der Waals surface area contributed by atoms with Crippen molar-refractivity contribution in [1.29, 1.82) is 0 Å². The molecule has 0 aliphatic carbocycles. The second kappa shape index (κ2) is 13.0. The summed E-state index contributed by atoms with van der Waals surface area (Å²) in [5.41, 5.74) is 4.41. The van der Waals surface area contributed by atoms with Gasteiger partial charge in [0.1, 0.15) is 12.3 Å². The highest BCUT2D eigenvalue weighted by Gasteiger charge is 2.32. The Morgan fingerprint density at radius 1 is 0.875 bits per heavy atom. The zero-order valence-corrected chi connectivity index (χ0v) is 27.0. The number of anilines is 2. The largest absolute Gasteiger partial charge is 0.497 e. The number of allylic oxidation sites excluding steroid dienone is 1. The van der Waals surface area contributed by atoms with Gasteiger partial charge in [-0.2, -0.15) is 0 Å². The highest BCUT2D eigenvalue weighted by atomic mass is 32.1. The van der Waals surface area contributed by atoms with Gasteiger partial charge in [0, 0.05) is 34.0 Å². The quantitative estimate of drug-likeness (QED) is 0.227. The number of nitrogens with one attached hydrogen (secondary N) is 2. The standard InChI is InChI=1S/C38H31N5O4S/c1-24-34(36(45)41-28-13-7-4-8-14-28)35(25-17-19-29(47-2)20-18-25)43-37(46)32(48-38(43)39-24)21-26-22-42(31-16-10-9-15-30(26)31)23-33(44)40-27-11-5-3-6-12-27/h3-22,35H,23H2,1-2H3,(H,40,44)(H,41,45)/b32-21+/t35-/m0/s1. The van der Waals surface area contributed by atoms with Gasteiger partial charge >= 0.3 is 0 Å². The van der Waals surface area contributed by atoms with E-state index in [2.05, 4.69) is 10.6 Å². The molecule has 1 aliphatic rings. The lowest BCUT2D eigenvalue weighted by Gasteiger charge is -2.25. The van der Waals surface area contributed by atoms with Crippen LogP contribution in [0.25, 0.3) is 17.0 Å². The van der Waals surface area contributed by atoms with E-state index < -0.39 is 6.04 Å². The van der Waals surface area contributed by atoms with Crippen molar-refractivity contribution in [3.63, 3.8) is 0 Å². The fourth-order valence-corrected chi connectivity index (χ4v) is 7.01. The van der Waals surface area contributed by atoms with Gasteiger partial charge in [0.15, 0.2) is 4.80 Å². The van der Waals surface area contributed by atoms with Crippen LogP contribution in [0.15, 0.2) is 136 Å². The zero-order chi connectivity index (χ0) is 33.2. The third kappa shape index (κ3) is 5.96. The Hall–Kier alpha value is -6.00. The molecule has 1 atom stereocenters. The van der Waals surface area contributed by atoms with Gasteiger partial charge in [-0.3, -0.25) is 19.0 Å². The number of benzene rings is 4. The Labute approximate surface area is 279 Å². The van der Waals surface area contributed by atoms with E-state index in [9.17, 15) is 14.4 Å². The van der Waals surface area contributed by atoms with Crippen LogP contribution in [0, 0.1) is 0 Å². The van der Waals surface area contributed by atoms with Crippen LogP contribution in [0.4, 0.5) is 11.4 Å². The number of carbonyl (C=O) groups excluding carboxylic acids is 2. The van der Waals surface area contributed by atoms with Crippen LogP contribution >= 0.6 is 11.3 Å². The number of aromatic nitrogens is 2. The number of ether oxygens (including phenoxy) is 1. The summed E-state index contributed by atoms with van der Waals surface area (Å²) in [4.78, 5) is 46.4. The minimum absolute atomic E-state index is 0.0983. The normalized spacial score (nSPS) is 14.4. The number of hydrogen-bond donors (Lipinski definition) is 2. The highest BCUT2D eigenvalue weighted by Crippen LogP contribution is 2.32. The molecule has 0 radical (unpaired) electrons. The summed E-state index contributed by atoms with van der Waals surface area (Å²) < 4.78 is 9.31. The number of thiazole rings is 1. The Kier molecular flexibility index (Phi) is 8.31. The number of carbonyl (C=O) groups is 2. The first-order valence-electron chi connectivity index (χ1n) is 15.4. The molecule has 2 aromatic heterocycles. The number of hydrogen-bond acceptors (Lipinski definition) is 6. The van der Waals surface area contributed by atoms with Crippen molar-refractivity contribution in [1.82, 2.24) is 9.13 Å². The van der Waals surface area contributed by atoms with E-state index in [-0.39, 0.29) is 23.9 Å². The van der Waals surface area contributed by atoms with E-state index in [1.54, 1.807) is 18.6 Å². The van der Waals surface area contributed by atoms with Gasteiger partial charge in [0.2, 0.25) is 5.91 Å². The maximum atomic E-state index is 14.3. The number of fused-ring (bicyclic) bond motifs is 2. The molecule has 9 nitrogen and oxygen atoms in total. The lowest BCUT2D eigenvalue weighted by molar-refractivity contribution is -0.116. The highest BCUT2D eigenvalue weighted by molar-refractivity contribution is 7.07. The topological polar surface area (TPSA) is 107 Å². The third-order valence-electron chi connectivity index (χ3n) is 8.21. The van der Waals surface area contributed by atoms with Crippen LogP contribution in [0.3, 0.4) is 0 Å². The van der Waals surface area contributed by atoms with Crippen molar-refractivity contribution in [2.45, 2.75) is 19.5 Å². The van der Waals surface area contributed by atoms with Crippen molar-refractivity contribution in [2.24, 2.45) is 4.99 Å². The molecule has 48 heavy (non-hydrogen) atoms. The molecule has 0 saturated heterocycles. The van der Waals surface area contributed by atoms with Crippen molar-refractivity contribution in [3.8, 4) is 5.75 Å². The van der Waals surface area contributed by atoms with Crippen molar-refractivity contribution < 1.29 is 14.3 Å². The summed E-state index contributed by atoms with van der Waals surface area (Å²) in [6, 6.07) is 32.9. The molecule has 3 heterocycles. The zero-order valence-electron chi connectivity index (χ0n) is 26.2. The fourth-order valence-electron chi connectivity index (χ4n) is 5.97. The van der Waals surface area contributed by atoms with Gasteiger partial charge in [0.05, 0.1) is 29.0 Å². The minimum atomic E-state index is -0.721. The second-order valence-corrected chi connectivity index (χ2v) is 12.3. The minimum Gasteiger partial charge on any atom is -0.497 e. The molecular weight excluding hydrogens is 623 g/mol. The Morgan fingerprint density at radius 2 is 1.52 bits per heavy atom. The number of amides is 2. The molecular formula is C38H31N5O4S. The lowest BCUT2D eigenvalue weighted by atomic mass is 9.95. The summed E-state index contributed by atoms with van der Waals surface area (Å²) in [7, 11) is 1.59. The molecule has 10 heteroatoms. The van der Waals surface area contributed by atoms with E-state index >= 15 is 0 Å². The van der Waals surface area contributed by atoms with Crippen LogP contribution in [0.5, 0.6) is 5.75 Å². The molecule has 2 amide bonds. The summed E-state index contributed by atoms with van der Waals surface area (Å²) in [6.07, 6.45) is 3.73. The van der Waals surface area contributed by atoms with Gasteiger partial charge < -0.3 is 19.9 Å². The van der Waals surface area contributed by atoms with Gasteiger partial charge in [-0.25, -0.2) is 4.99 Å². The number of methoxy groups -OCH3 is 1. The van der Waals surface area contributed by atoms with Crippen LogP contribution in [0.1, 0.15) is 24.1 Å². The van der Waals surface area contributed by atoms with Gasteiger partial charge in [-0.15, -0.1) is 0 Å². The molecule has 1 aliphatic heterocycles. The molecule has 238 valence electrons. The molecule has 4 aromatic carbocycles.